The minimum Gasteiger partial charge on any atom is -0.355 e. The molecule has 4 nitrogen and oxygen atoms in total. The third-order valence-electron chi connectivity index (χ3n) is 2.41. The van der Waals surface area contributed by atoms with Crippen molar-refractivity contribution in [3.05, 3.63) is 20.8 Å². The fourth-order valence-electron chi connectivity index (χ4n) is 1.56. The quantitative estimate of drug-likeness (QED) is 0.883. The van der Waals surface area contributed by atoms with Gasteiger partial charge in [-0.1, -0.05) is 0 Å². The van der Waals surface area contributed by atoms with Crippen molar-refractivity contribution in [3.63, 3.8) is 0 Å². The molecule has 0 radical (unpaired) electrons. The first-order valence-corrected chi connectivity index (χ1v) is 6.55. The van der Waals surface area contributed by atoms with Crippen LogP contribution in [0.4, 0.5) is 0 Å². The maximum Gasteiger partial charge on any atom is 0.225 e. The van der Waals surface area contributed by atoms with Gasteiger partial charge in [0.15, 0.2) is 0 Å². The first kappa shape index (κ1) is 11.6. The summed E-state index contributed by atoms with van der Waals surface area (Å²) >= 11 is 4.96. The smallest absolute Gasteiger partial charge is 0.225 e. The molecule has 0 aromatic carbocycles. The first-order valence-electron chi connectivity index (χ1n) is 4.94. The average Bonchev–Trinajstić information content (AvgIpc) is 2.84. The summed E-state index contributed by atoms with van der Waals surface area (Å²) in [5.74, 6) is -0.308. The second-order valence-electron chi connectivity index (χ2n) is 3.63. The second-order valence-corrected chi connectivity index (χ2v) is 6.18. The third-order valence-corrected chi connectivity index (χ3v) is 4.04. The SMILES string of the molecule is O=C1CC(C(=O)NCc2ccc(Br)s2)CN1. The van der Waals surface area contributed by atoms with Crippen molar-refractivity contribution in [3.8, 4) is 0 Å². The number of nitrogens with one attached hydrogen (secondary N) is 2. The highest BCUT2D eigenvalue weighted by Gasteiger charge is 2.27. The zero-order valence-corrected chi connectivity index (χ0v) is 10.9. The number of hydrogen-bond donors (Lipinski definition) is 2. The van der Waals surface area contributed by atoms with Gasteiger partial charge >= 0.3 is 0 Å². The average molecular weight is 303 g/mol. The molecule has 1 aliphatic rings. The topological polar surface area (TPSA) is 58.2 Å². The fourth-order valence-corrected chi connectivity index (χ4v) is 2.98. The zero-order valence-electron chi connectivity index (χ0n) is 8.46. The van der Waals surface area contributed by atoms with E-state index in [9.17, 15) is 9.59 Å². The second kappa shape index (κ2) is 4.97. The standard InChI is InChI=1S/C10H11BrN2O2S/c11-8-2-1-7(16-8)5-13-10(15)6-3-9(14)12-4-6/h1-2,6H,3-5H2,(H,12,14)(H,13,15). The Kier molecular flexibility index (Phi) is 3.60. The summed E-state index contributed by atoms with van der Waals surface area (Å²) in [7, 11) is 0. The molecule has 2 N–H and O–H groups in total. The van der Waals surface area contributed by atoms with Crippen LogP contribution in [0.1, 0.15) is 11.3 Å². The lowest BCUT2D eigenvalue weighted by Gasteiger charge is -2.07. The fraction of sp³-hybridized carbons (Fsp3) is 0.400. The minimum absolute atomic E-state index is 0.0426. The molecular formula is C10H11BrN2O2S. The van der Waals surface area contributed by atoms with E-state index in [0.29, 0.717) is 19.5 Å². The summed E-state index contributed by atoms with van der Waals surface area (Å²) in [5.41, 5.74) is 0. The molecule has 1 aliphatic heterocycles. The van der Waals surface area contributed by atoms with Gasteiger partial charge in [0.1, 0.15) is 0 Å². The van der Waals surface area contributed by atoms with Crippen LogP contribution in [0.15, 0.2) is 15.9 Å². The van der Waals surface area contributed by atoms with Gasteiger partial charge in [0.2, 0.25) is 11.8 Å². The van der Waals surface area contributed by atoms with Crippen LogP contribution in [0.2, 0.25) is 0 Å². The van der Waals surface area contributed by atoms with E-state index in [-0.39, 0.29) is 17.7 Å². The summed E-state index contributed by atoms with van der Waals surface area (Å²) in [6.07, 6.45) is 0.306. The van der Waals surface area contributed by atoms with E-state index in [0.717, 1.165) is 8.66 Å². The predicted octanol–water partition coefficient (Wildman–Crippen LogP) is 1.26. The lowest BCUT2D eigenvalue weighted by atomic mass is 10.1. The number of hydrogen-bond acceptors (Lipinski definition) is 3. The lowest BCUT2D eigenvalue weighted by molar-refractivity contribution is -0.126. The summed E-state index contributed by atoms with van der Waals surface area (Å²) < 4.78 is 1.05. The molecule has 0 saturated carbocycles. The monoisotopic (exact) mass is 302 g/mol. The van der Waals surface area contributed by atoms with E-state index >= 15 is 0 Å². The van der Waals surface area contributed by atoms with Gasteiger partial charge in [0.25, 0.3) is 0 Å². The van der Waals surface area contributed by atoms with Crippen LogP contribution in [-0.4, -0.2) is 18.4 Å². The van der Waals surface area contributed by atoms with Crippen LogP contribution < -0.4 is 10.6 Å². The van der Waals surface area contributed by atoms with E-state index in [4.69, 9.17) is 0 Å². The Hall–Kier alpha value is -0.880. The number of halogens is 1. The van der Waals surface area contributed by atoms with Gasteiger partial charge < -0.3 is 10.6 Å². The maximum atomic E-state index is 11.7. The Balaban J connectivity index is 1.82. The molecule has 1 saturated heterocycles. The highest BCUT2D eigenvalue weighted by atomic mass is 79.9. The maximum absolute atomic E-state index is 11.7. The molecular weight excluding hydrogens is 292 g/mol. The van der Waals surface area contributed by atoms with E-state index < -0.39 is 0 Å². The Labute approximate surface area is 106 Å². The van der Waals surface area contributed by atoms with Crippen molar-refractivity contribution < 1.29 is 9.59 Å². The minimum atomic E-state index is -0.212. The molecule has 1 atom stereocenters. The normalized spacial score (nSPS) is 19.6. The van der Waals surface area contributed by atoms with Crippen LogP contribution in [-0.2, 0) is 16.1 Å². The van der Waals surface area contributed by atoms with Gasteiger partial charge in [0, 0.05) is 17.8 Å². The molecule has 1 aromatic heterocycles. The van der Waals surface area contributed by atoms with E-state index in [1.165, 1.54) is 0 Å². The molecule has 1 unspecified atom stereocenters. The summed E-state index contributed by atoms with van der Waals surface area (Å²) in [6.45, 7) is 0.985. The molecule has 0 aliphatic carbocycles. The Morgan fingerprint density at radius 3 is 3.00 bits per heavy atom. The first-order chi connectivity index (χ1) is 7.65. The molecule has 2 amide bonds. The van der Waals surface area contributed by atoms with Crippen LogP contribution in [0, 0.1) is 5.92 Å². The number of thiophene rings is 1. The molecule has 0 bridgehead atoms. The summed E-state index contributed by atoms with van der Waals surface area (Å²) in [6, 6.07) is 3.92. The van der Waals surface area contributed by atoms with Crippen molar-refractivity contribution in [1.82, 2.24) is 10.6 Å². The summed E-state index contributed by atoms with van der Waals surface area (Å²) in [4.78, 5) is 23.7. The van der Waals surface area contributed by atoms with Crippen LogP contribution >= 0.6 is 27.3 Å². The van der Waals surface area contributed by atoms with Gasteiger partial charge in [-0.15, -0.1) is 11.3 Å². The van der Waals surface area contributed by atoms with Crippen molar-refractivity contribution in [2.24, 2.45) is 5.92 Å². The van der Waals surface area contributed by atoms with Gasteiger partial charge in [-0.3, -0.25) is 9.59 Å². The van der Waals surface area contributed by atoms with Gasteiger partial charge in [-0.25, -0.2) is 0 Å². The van der Waals surface area contributed by atoms with Crippen molar-refractivity contribution in [1.29, 1.82) is 0 Å². The third kappa shape index (κ3) is 2.82. The van der Waals surface area contributed by atoms with Gasteiger partial charge in [-0.2, -0.15) is 0 Å². The highest BCUT2D eigenvalue weighted by Crippen LogP contribution is 2.21. The van der Waals surface area contributed by atoms with Gasteiger partial charge in [0.05, 0.1) is 16.2 Å². The number of rotatable bonds is 3. The molecule has 16 heavy (non-hydrogen) atoms. The van der Waals surface area contributed by atoms with E-state index in [1.807, 2.05) is 12.1 Å². The molecule has 86 valence electrons. The van der Waals surface area contributed by atoms with Gasteiger partial charge in [-0.05, 0) is 28.1 Å². The molecule has 0 spiro atoms. The number of carbonyl (C=O) groups excluding carboxylic acids is 2. The number of carbonyl (C=O) groups is 2. The molecule has 1 aromatic rings. The van der Waals surface area contributed by atoms with Crippen molar-refractivity contribution in [2.45, 2.75) is 13.0 Å². The van der Waals surface area contributed by atoms with E-state index in [2.05, 4.69) is 26.6 Å². The molecule has 2 heterocycles. The van der Waals surface area contributed by atoms with Crippen molar-refractivity contribution >= 4 is 39.1 Å². The largest absolute Gasteiger partial charge is 0.355 e. The molecule has 1 fully saturated rings. The lowest BCUT2D eigenvalue weighted by Crippen LogP contribution is -2.31. The van der Waals surface area contributed by atoms with Crippen LogP contribution in [0.3, 0.4) is 0 Å². The highest BCUT2D eigenvalue weighted by molar-refractivity contribution is 9.11. The number of amides is 2. The Morgan fingerprint density at radius 2 is 2.44 bits per heavy atom. The van der Waals surface area contributed by atoms with Crippen molar-refractivity contribution in [2.75, 3.05) is 6.54 Å². The van der Waals surface area contributed by atoms with Crippen LogP contribution in [0.25, 0.3) is 0 Å². The molecule has 6 heteroatoms. The predicted molar refractivity (Wildman–Crippen MR) is 65.0 cm³/mol. The Morgan fingerprint density at radius 1 is 1.62 bits per heavy atom. The Bertz CT molecular complexity index is 419. The van der Waals surface area contributed by atoms with Crippen LogP contribution in [0.5, 0.6) is 0 Å². The van der Waals surface area contributed by atoms with E-state index in [1.54, 1.807) is 11.3 Å². The zero-order chi connectivity index (χ0) is 11.5. The molecule has 2 rings (SSSR count). The summed E-state index contributed by atoms with van der Waals surface area (Å²) in [5, 5.41) is 5.48.